The maximum atomic E-state index is 11.4. The minimum Gasteiger partial charge on any atom is -0.446 e. The van der Waals surface area contributed by atoms with Crippen LogP contribution in [0, 0.1) is 0 Å². The van der Waals surface area contributed by atoms with Gasteiger partial charge in [0.05, 0.1) is 6.61 Å². The van der Waals surface area contributed by atoms with E-state index in [1.807, 2.05) is 6.08 Å². The minimum atomic E-state index is -0.436. The predicted molar refractivity (Wildman–Crippen MR) is 59.3 cm³/mol. The smallest absolute Gasteiger partial charge is 0.417 e. The molecule has 0 rings (SSSR count). The molecule has 0 aromatic heterocycles. The number of hydrogen-bond donors (Lipinski definition) is 0. The van der Waals surface area contributed by atoms with Crippen LogP contribution in [-0.4, -0.2) is 31.3 Å². The molecule has 0 saturated heterocycles. The standard InChI is InChI=1S/C11H19NO3/c1-4-6-7-8-12(5-2)11(13)15-10-9-14-3/h5,7-8H,2,4,6,9-10H2,1,3H3/b8-7-. The molecule has 15 heavy (non-hydrogen) atoms. The highest BCUT2D eigenvalue weighted by atomic mass is 16.6. The largest absolute Gasteiger partial charge is 0.446 e. The Hall–Kier alpha value is -1.29. The highest BCUT2D eigenvalue weighted by Crippen LogP contribution is 1.98. The number of nitrogens with zero attached hydrogens (tertiary/aromatic N) is 1. The summed E-state index contributed by atoms with van der Waals surface area (Å²) in [6.45, 7) is 6.25. The normalized spacial score (nSPS) is 10.3. The summed E-state index contributed by atoms with van der Waals surface area (Å²) in [4.78, 5) is 12.7. The Balaban J connectivity index is 3.93. The Morgan fingerprint density at radius 2 is 2.20 bits per heavy atom. The van der Waals surface area contributed by atoms with E-state index in [2.05, 4.69) is 13.5 Å². The van der Waals surface area contributed by atoms with Crippen LogP contribution in [0.3, 0.4) is 0 Å². The lowest BCUT2D eigenvalue weighted by Crippen LogP contribution is -2.22. The van der Waals surface area contributed by atoms with Crippen molar-refractivity contribution in [2.45, 2.75) is 19.8 Å². The molecule has 0 unspecified atom stereocenters. The molecule has 0 atom stereocenters. The first-order valence-electron chi connectivity index (χ1n) is 4.99. The molecule has 86 valence electrons. The van der Waals surface area contributed by atoms with Gasteiger partial charge in [-0.25, -0.2) is 4.79 Å². The van der Waals surface area contributed by atoms with Crippen LogP contribution in [0.1, 0.15) is 19.8 Å². The van der Waals surface area contributed by atoms with Crippen LogP contribution in [0.5, 0.6) is 0 Å². The third-order valence-corrected chi connectivity index (χ3v) is 1.64. The SMILES string of the molecule is C=CN(/C=C\CCC)C(=O)OCCOC. The summed E-state index contributed by atoms with van der Waals surface area (Å²) in [5, 5.41) is 0. The topological polar surface area (TPSA) is 38.8 Å². The molecule has 4 nitrogen and oxygen atoms in total. The minimum absolute atomic E-state index is 0.251. The average molecular weight is 213 g/mol. The van der Waals surface area contributed by atoms with E-state index < -0.39 is 6.09 Å². The molecule has 0 aromatic rings. The average Bonchev–Trinajstić information content (AvgIpc) is 2.24. The molecule has 4 heteroatoms. The molecule has 0 radical (unpaired) electrons. The monoisotopic (exact) mass is 213 g/mol. The summed E-state index contributed by atoms with van der Waals surface area (Å²) in [6.07, 6.45) is 6.51. The molecular formula is C11H19NO3. The first-order valence-corrected chi connectivity index (χ1v) is 4.99. The van der Waals surface area contributed by atoms with Gasteiger partial charge in [0.25, 0.3) is 0 Å². The van der Waals surface area contributed by atoms with Crippen molar-refractivity contribution < 1.29 is 14.3 Å². The van der Waals surface area contributed by atoms with Gasteiger partial charge in [-0.3, -0.25) is 4.90 Å². The van der Waals surface area contributed by atoms with Crippen molar-refractivity contribution in [1.82, 2.24) is 4.90 Å². The fraction of sp³-hybridized carbons (Fsp3) is 0.545. The Morgan fingerprint density at radius 1 is 1.47 bits per heavy atom. The number of ether oxygens (including phenoxy) is 2. The summed E-state index contributed by atoms with van der Waals surface area (Å²) >= 11 is 0. The van der Waals surface area contributed by atoms with Crippen LogP contribution in [0.25, 0.3) is 0 Å². The van der Waals surface area contributed by atoms with Crippen molar-refractivity contribution in [2.75, 3.05) is 20.3 Å². The first-order chi connectivity index (χ1) is 7.26. The van der Waals surface area contributed by atoms with Crippen LogP contribution < -0.4 is 0 Å². The molecular weight excluding hydrogens is 194 g/mol. The lowest BCUT2D eigenvalue weighted by molar-refractivity contribution is 0.0875. The molecule has 0 bridgehead atoms. The van der Waals surface area contributed by atoms with E-state index in [1.165, 1.54) is 11.1 Å². The predicted octanol–water partition coefficient (Wildman–Crippen LogP) is 2.53. The van der Waals surface area contributed by atoms with Gasteiger partial charge in [-0.1, -0.05) is 26.0 Å². The summed E-state index contributed by atoms with van der Waals surface area (Å²) < 4.78 is 9.67. The van der Waals surface area contributed by atoms with E-state index in [1.54, 1.807) is 13.3 Å². The summed E-state index contributed by atoms with van der Waals surface area (Å²) in [5.74, 6) is 0. The number of rotatable bonds is 7. The van der Waals surface area contributed by atoms with Gasteiger partial charge < -0.3 is 9.47 Å². The highest BCUT2D eigenvalue weighted by molar-refractivity contribution is 5.70. The second-order valence-electron chi connectivity index (χ2n) is 2.87. The van der Waals surface area contributed by atoms with Crippen LogP contribution in [0.4, 0.5) is 4.79 Å². The lowest BCUT2D eigenvalue weighted by atomic mass is 10.3. The van der Waals surface area contributed by atoms with Crippen molar-refractivity contribution in [2.24, 2.45) is 0 Å². The maximum Gasteiger partial charge on any atom is 0.417 e. The Morgan fingerprint density at radius 3 is 2.73 bits per heavy atom. The van der Waals surface area contributed by atoms with Crippen molar-refractivity contribution in [1.29, 1.82) is 0 Å². The number of methoxy groups -OCH3 is 1. The Bertz CT molecular complexity index is 214. The van der Waals surface area contributed by atoms with Gasteiger partial charge in [0.2, 0.25) is 0 Å². The molecule has 0 fully saturated rings. The van der Waals surface area contributed by atoms with Crippen molar-refractivity contribution >= 4 is 6.09 Å². The first kappa shape index (κ1) is 13.7. The third kappa shape index (κ3) is 6.74. The van der Waals surface area contributed by atoms with Gasteiger partial charge in [-0.15, -0.1) is 0 Å². The van der Waals surface area contributed by atoms with Crippen LogP contribution in [0.2, 0.25) is 0 Å². The Labute approximate surface area is 91.2 Å². The van der Waals surface area contributed by atoms with Gasteiger partial charge in [0.15, 0.2) is 0 Å². The molecule has 0 aromatic carbocycles. The fourth-order valence-corrected chi connectivity index (χ4v) is 0.838. The number of carbonyl (C=O) groups excluding carboxylic acids is 1. The van der Waals surface area contributed by atoms with E-state index in [-0.39, 0.29) is 6.61 Å². The molecule has 0 aliphatic heterocycles. The zero-order valence-corrected chi connectivity index (χ0v) is 9.44. The summed E-state index contributed by atoms with van der Waals surface area (Å²) in [5.41, 5.74) is 0. The van der Waals surface area contributed by atoms with E-state index in [9.17, 15) is 4.79 Å². The zero-order valence-electron chi connectivity index (χ0n) is 9.44. The van der Waals surface area contributed by atoms with Crippen LogP contribution >= 0.6 is 0 Å². The van der Waals surface area contributed by atoms with E-state index >= 15 is 0 Å². The molecule has 0 aliphatic carbocycles. The summed E-state index contributed by atoms with van der Waals surface area (Å²) in [6, 6.07) is 0. The van der Waals surface area contributed by atoms with Crippen molar-refractivity contribution in [3.63, 3.8) is 0 Å². The zero-order chi connectivity index (χ0) is 11.5. The second-order valence-corrected chi connectivity index (χ2v) is 2.87. The quantitative estimate of drug-likeness (QED) is 0.610. The van der Waals surface area contributed by atoms with E-state index in [0.717, 1.165) is 12.8 Å². The van der Waals surface area contributed by atoms with Crippen LogP contribution in [-0.2, 0) is 9.47 Å². The lowest BCUT2D eigenvalue weighted by Gasteiger charge is -2.12. The second kappa shape index (κ2) is 9.27. The number of carbonyl (C=O) groups is 1. The number of hydrogen-bond acceptors (Lipinski definition) is 3. The molecule has 0 heterocycles. The fourth-order valence-electron chi connectivity index (χ4n) is 0.838. The molecule has 0 N–H and O–H groups in total. The molecule has 1 amide bonds. The summed E-state index contributed by atoms with van der Waals surface area (Å²) in [7, 11) is 1.56. The number of unbranched alkanes of at least 4 members (excludes halogenated alkanes) is 1. The maximum absolute atomic E-state index is 11.4. The number of allylic oxidation sites excluding steroid dienone is 1. The van der Waals surface area contributed by atoms with Crippen molar-refractivity contribution in [3.8, 4) is 0 Å². The van der Waals surface area contributed by atoms with Gasteiger partial charge >= 0.3 is 6.09 Å². The molecule has 0 aliphatic rings. The highest BCUT2D eigenvalue weighted by Gasteiger charge is 2.07. The molecule has 0 spiro atoms. The van der Waals surface area contributed by atoms with Gasteiger partial charge in [0, 0.05) is 19.5 Å². The van der Waals surface area contributed by atoms with Gasteiger partial charge in [-0.2, -0.15) is 0 Å². The molecule has 0 saturated carbocycles. The van der Waals surface area contributed by atoms with Gasteiger partial charge in [0.1, 0.15) is 6.61 Å². The Kier molecular flexibility index (Phi) is 8.47. The van der Waals surface area contributed by atoms with Crippen LogP contribution in [0.15, 0.2) is 25.1 Å². The van der Waals surface area contributed by atoms with Crippen molar-refractivity contribution in [3.05, 3.63) is 25.1 Å². The number of amides is 1. The van der Waals surface area contributed by atoms with Gasteiger partial charge in [-0.05, 0) is 6.42 Å². The van der Waals surface area contributed by atoms with E-state index in [0.29, 0.717) is 6.61 Å². The third-order valence-electron chi connectivity index (χ3n) is 1.64. The van der Waals surface area contributed by atoms with E-state index in [4.69, 9.17) is 9.47 Å².